The number of aliphatic imine (C=N–C) groups is 1. The Labute approximate surface area is 146 Å². The molecule has 0 spiro atoms. The van der Waals surface area contributed by atoms with Gasteiger partial charge >= 0.3 is 0 Å². The maximum atomic E-state index is 6.01. The fraction of sp³-hybridized carbons (Fsp3) is 0.333. The van der Waals surface area contributed by atoms with Gasteiger partial charge in [0.05, 0.1) is 19.2 Å². The van der Waals surface area contributed by atoms with Gasteiger partial charge in [-0.25, -0.2) is 0 Å². The normalized spacial score (nSPS) is 13.0. The van der Waals surface area contributed by atoms with Crippen molar-refractivity contribution in [3.8, 4) is 5.75 Å². The summed E-state index contributed by atoms with van der Waals surface area (Å²) in [5, 5.41) is 11.4. The zero-order chi connectivity index (χ0) is 17.6. The largest absolute Gasteiger partial charge is 0.490 e. The van der Waals surface area contributed by atoms with Crippen molar-refractivity contribution >= 4 is 16.9 Å². The van der Waals surface area contributed by atoms with E-state index in [-0.39, 0.29) is 6.04 Å². The van der Waals surface area contributed by atoms with Crippen LogP contribution in [0, 0.1) is 0 Å². The molecule has 1 atom stereocenters. The maximum absolute atomic E-state index is 6.01. The van der Waals surface area contributed by atoms with E-state index in [4.69, 9.17) is 13.7 Å². The van der Waals surface area contributed by atoms with E-state index in [1.807, 2.05) is 38.1 Å². The van der Waals surface area contributed by atoms with E-state index in [2.05, 4.69) is 20.8 Å². The van der Waals surface area contributed by atoms with Crippen molar-refractivity contribution < 1.29 is 13.7 Å². The summed E-state index contributed by atoms with van der Waals surface area (Å²) in [5.74, 6) is 2.22. The molecular weight excluding hydrogens is 320 g/mol. The van der Waals surface area contributed by atoms with Gasteiger partial charge in [0.25, 0.3) is 0 Å². The molecule has 3 aromatic rings. The first-order chi connectivity index (χ1) is 12.2. The van der Waals surface area contributed by atoms with Gasteiger partial charge in [0.15, 0.2) is 17.3 Å². The Morgan fingerprint density at radius 1 is 1.36 bits per heavy atom. The van der Waals surface area contributed by atoms with Crippen molar-refractivity contribution in [2.45, 2.75) is 26.4 Å². The van der Waals surface area contributed by atoms with Gasteiger partial charge in [-0.3, -0.25) is 4.99 Å². The molecule has 0 aliphatic rings. The van der Waals surface area contributed by atoms with E-state index in [0.29, 0.717) is 19.1 Å². The van der Waals surface area contributed by atoms with Crippen LogP contribution in [-0.4, -0.2) is 24.8 Å². The standard InChI is InChI=1S/C18H22N4O3/c1-4-23-15-7-5-6-13-10-16(25-17(13)15)12(2)21-18(19-3)20-11-14-8-9-24-22-14/h5-10,12H,4,11H2,1-3H3,(H2,19,20,21)/t12-/m1/s1. The van der Waals surface area contributed by atoms with Crippen molar-refractivity contribution in [1.29, 1.82) is 0 Å². The molecule has 0 saturated carbocycles. The van der Waals surface area contributed by atoms with Gasteiger partial charge in [-0.2, -0.15) is 0 Å². The lowest BCUT2D eigenvalue weighted by Crippen LogP contribution is -2.38. The number of rotatable bonds is 6. The second kappa shape index (κ2) is 7.74. The first-order valence-corrected chi connectivity index (χ1v) is 8.23. The number of benzene rings is 1. The lowest BCUT2D eigenvalue weighted by atomic mass is 10.2. The molecular formula is C18H22N4O3. The van der Waals surface area contributed by atoms with Crippen LogP contribution in [0.15, 0.2) is 50.5 Å². The van der Waals surface area contributed by atoms with Crippen LogP contribution in [0.3, 0.4) is 0 Å². The first-order valence-electron chi connectivity index (χ1n) is 8.23. The summed E-state index contributed by atoms with van der Waals surface area (Å²) < 4.78 is 16.5. The first kappa shape index (κ1) is 16.9. The Kier molecular flexibility index (Phi) is 5.23. The molecule has 1 aromatic carbocycles. The van der Waals surface area contributed by atoms with Crippen LogP contribution in [-0.2, 0) is 6.54 Å². The van der Waals surface area contributed by atoms with Crippen LogP contribution in [0.1, 0.15) is 31.3 Å². The molecule has 7 heteroatoms. The number of para-hydroxylation sites is 1. The smallest absolute Gasteiger partial charge is 0.191 e. The van der Waals surface area contributed by atoms with Gasteiger partial charge in [-0.1, -0.05) is 17.3 Å². The molecule has 0 radical (unpaired) electrons. The highest BCUT2D eigenvalue weighted by atomic mass is 16.5. The number of fused-ring (bicyclic) bond motifs is 1. The minimum atomic E-state index is -0.0645. The summed E-state index contributed by atoms with van der Waals surface area (Å²) in [7, 11) is 1.72. The summed E-state index contributed by atoms with van der Waals surface area (Å²) in [6, 6.07) is 9.64. The third-order valence-electron chi connectivity index (χ3n) is 3.76. The Morgan fingerprint density at radius 3 is 2.96 bits per heavy atom. The molecule has 25 heavy (non-hydrogen) atoms. The highest BCUT2D eigenvalue weighted by molar-refractivity contribution is 5.84. The molecule has 0 aliphatic heterocycles. The van der Waals surface area contributed by atoms with E-state index in [0.717, 1.165) is 28.2 Å². The van der Waals surface area contributed by atoms with Gasteiger partial charge in [-0.15, -0.1) is 0 Å². The molecule has 0 unspecified atom stereocenters. The third-order valence-corrected chi connectivity index (χ3v) is 3.76. The lowest BCUT2D eigenvalue weighted by Gasteiger charge is -2.15. The van der Waals surface area contributed by atoms with E-state index < -0.39 is 0 Å². The SMILES string of the molecule is CCOc1cccc2cc([C@@H](C)NC(=NC)NCc3ccon3)oc12. The minimum absolute atomic E-state index is 0.0645. The second-order valence-electron chi connectivity index (χ2n) is 5.54. The van der Waals surface area contributed by atoms with E-state index in [1.165, 1.54) is 0 Å². The predicted octanol–water partition coefficient (Wildman–Crippen LogP) is 3.25. The highest BCUT2D eigenvalue weighted by Crippen LogP contribution is 2.31. The average Bonchev–Trinajstić information content (AvgIpc) is 3.28. The average molecular weight is 342 g/mol. The van der Waals surface area contributed by atoms with Crippen LogP contribution >= 0.6 is 0 Å². The predicted molar refractivity (Wildman–Crippen MR) is 95.6 cm³/mol. The Morgan fingerprint density at radius 2 is 2.24 bits per heavy atom. The molecule has 132 valence electrons. The summed E-state index contributed by atoms with van der Waals surface area (Å²) in [4.78, 5) is 4.22. The van der Waals surface area contributed by atoms with Crippen molar-refractivity contribution in [2.75, 3.05) is 13.7 Å². The molecule has 0 saturated heterocycles. The molecule has 0 aliphatic carbocycles. The summed E-state index contributed by atoms with van der Waals surface area (Å²) in [6.45, 7) is 5.09. The zero-order valence-electron chi connectivity index (χ0n) is 14.6. The van der Waals surface area contributed by atoms with Crippen molar-refractivity contribution in [3.63, 3.8) is 0 Å². The summed E-state index contributed by atoms with van der Waals surface area (Å²) >= 11 is 0. The van der Waals surface area contributed by atoms with Crippen LogP contribution in [0.2, 0.25) is 0 Å². The van der Waals surface area contributed by atoms with Crippen molar-refractivity contribution in [2.24, 2.45) is 4.99 Å². The quantitative estimate of drug-likeness (QED) is 0.528. The number of guanidine groups is 1. The molecule has 0 amide bonds. The van der Waals surface area contributed by atoms with Gasteiger partial charge in [0.1, 0.15) is 17.7 Å². The van der Waals surface area contributed by atoms with E-state index in [9.17, 15) is 0 Å². The number of hydrogen-bond donors (Lipinski definition) is 2. The molecule has 2 heterocycles. The maximum Gasteiger partial charge on any atom is 0.191 e. The zero-order valence-corrected chi connectivity index (χ0v) is 14.6. The molecule has 3 rings (SSSR count). The van der Waals surface area contributed by atoms with Gasteiger partial charge < -0.3 is 24.3 Å². The molecule has 7 nitrogen and oxygen atoms in total. The Hall–Kier alpha value is -2.96. The highest BCUT2D eigenvalue weighted by Gasteiger charge is 2.15. The van der Waals surface area contributed by atoms with Crippen LogP contribution in [0.4, 0.5) is 0 Å². The summed E-state index contributed by atoms with van der Waals surface area (Å²) in [6.07, 6.45) is 1.54. The minimum Gasteiger partial charge on any atom is -0.490 e. The molecule has 0 bridgehead atoms. The number of nitrogens with one attached hydrogen (secondary N) is 2. The number of ether oxygens (including phenoxy) is 1. The monoisotopic (exact) mass is 342 g/mol. The number of furan rings is 1. The van der Waals surface area contributed by atoms with E-state index >= 15 is 0 Å². The van der Waals surface area contributed by atoms with Crippen LogP contribution in [0.25, 0.3) is 11.0 Å². The molecule has 0 fully saturated rings. The number of nitrogens with zero attached hydrogens (tertiary/aromatic N) is 2. The number of aromatic nitrogens is 1. The van der Waals surface area contributed by atoms with Gasteiger partial charge in [0.2, 0.25) is 0 Å². The summed E-state index contributed by atoms with van der Waals surface area (Å²) in [5.41, 5.74) is 1.57. The van der Waals surface area contributed by atoms with Gasteiger partial charge in [-0.05, 0) is 26.0 Å². The molecule has 2 aromatic heterocycles. The lowest BCUT2D eigenvalue weighted by molar-refractivity contribution is 0.336. The topological polar surface area (TPSA) is 84.8 Å². The Balaban J connectivity index is 1.70. The van der Waals surface area contributed by atoms with Crippen LogP contribution < -0.4 is 15.4 Å². The van der Waals surface area contributed by atoms with E-state index in [1.54, 1.807) is 19.4 Å². The van der Waals surface area contributed by atoms with Crippen molar-refractivity contribution in [1.82, 2.24) is 15.8 Å². The number of hydrogen-bond acceptors (Lipinski definition) is 5. The second-order valence-corrected chi connectivity index (χ2v) is 5.54. The fourth-order valence-corrected chi connectivity index (χ4v) is 2.51. The van der Waals surface area contributed by atoms with Crippen LogP contribution in [0.5, 0.6) is 5.75 Å². The van der Waals surface area contributed by atoms with Gasteiger partial charge in [0, 0.05) is 18.5 Å². The Bertz CT molecular complexity index is 839. The molecule has 2 N–H and O–H groups in total. The third kappa shape index (κ3) is 3.93. The fourth-order valence-electron chi connectivity index (χ4n) is 2.51. The van der Waals surface area contributed by atoms with Crippen molar-refractivity contribution in [3.05, 3.63) is 48.0 Å².